The van der Waals surface area contributed by atoms with Gasteiger partial charge < -0.3 is 14.6 Å². The Balaban J connectivity index is 1.20. The Hall–Kier alpha value is -2.77. The number of aromatic nitrogens is 1. The van der Waals surface area contributed by atoms with Crippen LogP contribution in [0, 0.1) is 5.92 Å². The summed E-state index contributed by atoms with van der Waals surface area (Å²) in [6.45, 7) is 3.29. The van der Waals surface area contributed by atoms with Crippen LogP contribution in [0.5, 0.6) is 0 Å². The number of carbonyl (C=O) groups excluding carboxylic acids is 2. The van der Waals surface area contributed by atoms with E-state index in [0.717, 1.165) is 82.1 Å². The standard InChI is InChI=1S/C30H38N2O5/c33-21-26-10-9-24(19-31-26)28(34)36-17-5-7-22-6-4-8-25(18-22)30(13-2-1-3-14-30)29(35)37-27-20-32-15-11-23(27)12-16-32/h4,6,8-10,18-19,23,27,33H,1-3,5,7,11-17,20-21H2/t27-/m0/s1. The lowest BCUT2D eigenvalue weighted by atomic mass is 9.69. The number of hydrogen-bond acceptors (Lipinski definition) is 7. The first-order valence-corrected chi connectivity index (χ1v) is 13.8. The molecule has 7 heteroatoms. The van der Waals surface area contributed by atoms with Gasteiger partial charge in [0.05, 0.1) is 29.9 Å². The van der Waals surface area contributed by atoms with E-state index in [4.69, 9.17) is 14.6 Å². The fourth-order valence-corrected chi connectivity index (χ4v) is 6.25. The molecule has 4 aliphatic rings. The van der Waals surface area contributed by atoms with Crippen molar-refractivity contribution in [3.05, 3.63) is 65.0 Å². The molecule has 37 heavy (non-hydrogen) atoms. The smallest absolute Gasteiger partial charge is 0.339 e. The molecule has 6 rings (SSSR count). The van der Waals surface area contributed by atoms with Crippen LogP contribution in [0.25, 0.3) is 0 Å². The maximum atomic E-state index is 13.8. The van der Waals surface area contributed by atoms with Crippen molar-refractivity contribution in [1.29, 1.82) is 0 Å². The third kappa shape index (κ3) is 5.88. The van der Waals surface area contributed by atoms with Gasteiger partial charge in [-0.25, -0.2) is 4.79 Å². The predicted molar refractivity (Wildman–Crippen MR) is 139 cm³/mol. The van der Waals surface area contributed by atoms with Gasteiger partial charge in [-0.05, 0) is 80.8 Å². The topological polar surface area (TPSA) is 89.0 Å². The van der Waals surface area contributed by atoms with Gasteiger partial charge in [0.25, 0.3) is 0 Å². The number of piperidine rings is 3. The van der Waals surface area contributed by atoms with Crippen molar-refractivity contribution in [3.8, 4) is 0 Å². The molecule has 1 atom stereocenters. The molecule has 1 saturated carbocycles. The molecule has 4 heterocycles. The van der Waals surface area contributed by atoms with Gasteiger partial charge in [0, 0.05) is 12.7 Å². The van der Waals surface area contributed by atoms with Crippen LogP contribution < -0.4 is 0 Å². The molecule has 198 valence electrons. The Morgan fingerprint density at radius 2 is 1.89 bits per heavy atom. The highest BCUT2D eigenvalue weighted by atomic mass is 16.5. The number of nitrogens with zero attached hydrogens (tertiary/aromatic N) is 2. The molecule has 2 bridgehead atoms. The van der Waals surface area contributed by atoms with Crippen molar-refractivity contribution in [2.75, 3.05) is 26.2 Å². The first-order valence-electron chi connectivity index (χ1n) is 13.8. The Morgan fingerprint density at radius 1 is 1.08 bits per heavy atom. The minimum Gasteiger partial charge on any atom is -0.462 e. The molecule has 0 unspecified atom stereocenters. The van der Waals surface area contributed by atoms with Crippen LogP contribution in [-0.4, -0.2) is 59.3 Å². The molecule has 0 radical (unpaired) electrons. The van der Waals surface area contributed by atoms with Crippen molar-refractivity contribution < 1.29 is 24.2 Å². The third-order valence-electron chi connectivity index (χ3n) is 8.50. The van der Waals surface area contributed by atoms with Gasteiger partial charge >= 0.3 is 11.9 Å². The molecule has 0 amide bonds. The van der Waals surface area contributed by atoms with Crippen LogP contribution >= 0.6 is 0 Å². The van der Waals surface area contributed by atoms with Crippen molar-refractivity contribution in [2.24, 2.45) is 5.92 Å². The summed E-state index contributed by atoms with van der Waals surface area (Å²) in [6, 6.07) is 11.6. The molecule has 1 aliphatic carbocycles. The van der Waals surface area contributed by atoms with E-state index in [1.54, 1.807) is 12.1 Å². The average molecular weight is 507 g/mol. The van der Waals surface area contributed by atoms with Crippen LogP contribution in [-0.2, 0) is 32.7 Å². The zero-order chi connectivity index (χ0) is 25.7. The van der Waals surface area contributed by atoms with Gasteiger partial charge in [0.1, 0.15) is 6.10 Å². The lowest BCUT2D eigenvalue weighted by Crippen LogP contribution is -2.53. The highest BCUT2D eigenvalue weighted by Gasteiger charge is 2.45. The van der Waals surface area contributed by atoms with Crippen molar-refractivity contribution in [1.82, 2.24) is 9.88 Å². The number of aliphatic hydroxyl groups excluding tert-OH is 1. The van der Waals surface area contributed by atoms with Gasteiger partial charge in [-0.15, -0.1) is 0 Å². The number of benzene rings is 1. The zero-order valence-corrected chi connectivity index (χ0v) is 21.6. The number of hydrogen-bond donors (Lipinski definition) is 1. The van der Waals surface area contributed by atoms with Gasteiger partial charge in [-0.3, -0.25) is 14.7 Å². The largest absolute Gasteiger partial charge is 0.462 e. The lowest BCUT2D eigenvalue weighted by molar-refractivity contribution is -0.167. The van der Waals surface area contributed by atoms with E-state index in [0.29, 0.717) is 30.2 Å². The predicted octanol–water partition coefficient (Wildman–Crippen LogP) is 4.20. The summed E-state index contributed by atoms with van der Waals surface area (Å²) in [5.41, 5.74) is 2.55. The van der Waals surface area contributed by atoms with Crippen LogP contribution in [0.3, 0.4) is 0 Å². The van der Waals surface area contributed by atoms with E-state index in [1.165, 1.54) is 6.20 Å². The van der Waals surface area contributed by atoms with Crippen LogP contribution in [0.15, 0.2) is 42.6 Å². The third-order valence-corrected chi connectivity index (χ3v) is 8.50. The molecule has 0 spiro atoms. The van der Waals surface area contributed by atoms with Gasteiger partial charge in [-0.2, -0.15) is 0 Å². The first-order chi connectivity index (χ1) is 18.1. The van der Waals surface area contributed by atoms with E-state index in [2.05, 4.69) is 28.1 Å². The van der Waals surface area contributed by atoms with Gasteiger partial charge in [0.2, 0.25) is 0 Å². The van der Waals surface area contributed by atoms with E-state index in [1.807, 2.05) is 6.07 Å². The number of carbonyl (C=O) groups is 2. The fourth-order valence-electron chi connectivity index (χ4n) is 6.25. The summed E-state index contributed by atoms with van der Waals surface area (Å²) in [5.74, 6) is 0.0623. The van der Waals surface area contributed by atoms with Crippen LogP contribution in [0.2, 0.25) is 0 Å². The highest BCUT2D eigenvalue weighted by molar-refractivity contribution is 5.89. The molecular weight excluding hydrogens is 468 g/mol. The second-order valence-corrected chi connectivity index (χ2v) is 10.9. The van der Waals surface area contributed by atoms with E-state index in [9.17, 15) is 9.59 Å². The Labute approximate surface area is 219 Å². The normalized spacial score (nSPS) is 24.4. The Morgan fingerprint density at radius 3 is 2.57 bits per heavy atom. The Kier molecular flexibility index (Phi) is 8.20. The van der Waals surface area contributed by atoms with Crippen LogP contribution in [0.4, 0.5) is 0 Å². The molecule has 2 aromatic rings. The second-order valence-electron chi connectivity index (χ2n) is 10.9. The van der Waals surface area contributed by atoms with Gasteiger partial charge in [-0.1, -0.05) is 43.5 Å². The molecule has 3 aliphatic heterocycles. The maximum absolute atomic E-state index is 13.8. The highest BCUT2D eigenvalue weighted by Crippen LogP contribution is 2.42. The summed E-state index contributed by atoms with van der Waals surface area (Å²) in [6.07, 6.45) is 10.1. The monoisotopic (exact) mass is 506 g/mol. The number of aliphatic hydroxyl groups is 1. The summed E-state index contributed by atoms with van der Waals surface area (Å²) >= 11 is 0. The number of fused-ring (bicyclic) bond motifs is 3. The molecule has 7 nitrogen and oxygen atoms in total. The first kappa shape index (κ1) is 25.9. The summed E-state index contributed by atoms with van der Waals surface area (Å²) in [7, 11) is 0. The SMILES string of the molecule is O=C(OCCCc1cccc(C2(C(=O)O[C@H]3CN4CCC3CC4)CCCCC2)c1)c1ccc(CO)nc1. The number of rotatable bonds is 9. The number of esters is 2. The molecular formula is C30H38N2O5. The van der Waals surface area contributed by atoms with Crippen molar-refractivity contribution in [2.45, 2.75) is 75.9 Å². The summed E-state index contributed by atoms with van der Waals surface area (Å²) in [4.78, 5) is 32.5. The minimum atomic E-state index is -0.555. The van der Waals surface area contributed by atoms with E-state index in [-0.39, 0.29) is 18.7 Å². The molecule has 4 fully saturated rings. The van der Waals surface area contributed by atoms with E-state index >= 15 is 0 Å². The van der Waals surface area contributed by atoms with Crippen molar-refractivity contribution in [3.63, 3.8) is 0 Å². The molecule has 1 aromatic carbocycles. The minimum absolute atomic E-state index is 0.0294. The second kappa shape index (κ2) is 11.7. The maximum Gasteiger partial charge on any atom is 0.339 e. The van der Waals surface area contributed by atoms with Gasteiger partial charge in [0.15, 0.2) is 0 Å². The zero-order valence-electron chi connectivity index (χ0n) is 21.6. The molecule has 3 saturated heterocycles. The fraction of sp³-hybridized carbons (Fsp3) is 0.567. The van der Waals surface area contributed by atoms with Crippen LogP contribution in [0.1, 0.15) is 78.5 Å². The lowest BCUT2D eigenvalue weighted by Gasteiger charge is -2.45. The average Bonchev–Trinajstić information content (AvgIpc) is 2.96. The number of aryl methyl sites for hydroxylation is 1. The molecule has 1 N–H and O–H groups in total. The van der Waals surface area contributed by atoms with Crippen molar-refractivity contribution >= 4 is 11.9 Å². The quantitative estimate of drug-likeness (QED) is 0.403. The number of ether oxygens (including phenoxy) is 2. The Bertz CT molecular complexity index is 1070. The van der Waals surface area contributed by atoms with E-state index < -0.39 is 11.4 Å². The molecule has 1 aromatic heterocycles. The summed E-state index contributed by atoms with van der Waals surface area (Å²) < 4.78 is 11.7. The summed E-state index contributed by atoms with van der Waals surface area (Å²) in [5, 5.41) is 9.09. The number of pyridine rings is 1.